The lowest BCUT2D eigenvalue weighted by atomic mass is 9.97. The molecule has 2 rings (SSSR count). The van der Waals surface area contributed by atoms with Crippen LogP contribution in [-0.4, -0.2) is 19.3 Å². The zero-order valence-electron chi connectivity index (χ0n) is 11.2. The topological polar surface area (TPSA) is 21.3 Å². The Kier molecular flexibility index (Phi) is 4.72. The zero-order valence-corrected chi connectivity index (χ0v) is 11.2. The highest BCUT2D eigenvalue weighted by atomic mass is 19.1. The number of aryl methyl sites for hydroxylation is 1. The molecule has 2 nitrogen and oxygen atoms in total. The predicted molar refractivity (Wildman–Crippen MR) is 71.1 cm³/mol. The second kappa shape index (κ2) is 6.30. The van der Waals surface area contributed by atoms with Crippen LogP contribution in [0.5, 0.6) is 0 Å². The summed E-state index contributed by atoms with van der Waals surface area (Å²) in [4.78, 5) is 0. The second-order valence-corrected chi connectivity index (χ2v) is 4.99. The van der Waals surface area contributed by atoms with Gasteiger partial charge in [0.15, 0.2) is 0 Å². The van der Waals surface area contributed by atoms with Crippen LogP contribution in [0.4, 0.5) is 4.39 Å². The highest BCUT2D eigenvalue weighted by Crippen LogP contribution is 2.26. The van der Waals surface area contributed by atoms with Crippen LogP contribution in [0.3, 0.4) is 0 Å². The van der Waals surface area contributed by atoms with Crippen molar-refractivity contribution in [2.24, 2.45) is 0 Å². The molecule has 1 aliphatic heterocycles. The summed E-state index contributed by atoms with van der Waals surface area (Å²) < 4.78 is 19.0. The van der Waals surface area contributed by atoms with E-state index in [2.05, 4.69) is 12.2 Å². The van der Waals surface area contributed by atoms with Crippen LogP contribution in [0.15, 0.2) is 18.2 Å². The van der Waals surface area contributed by atoms with Gasteiger partial charge in [-0.05, 0) is 49.9 Å². The molecule has 0 radical (unpaired) electrons. The van der Waals surface area contributed by atoms with E-state index < -0.39 is 0 Å². The van der Waals surface area contributed by atoms with Crippen molar-refractivity contribution >= 4 is 0 Å². The fraction of sp³-hybridized carbons (Fsp3) is 0.600. The molecule has 0 amide bonds. The average molecular weight is 251 g/mol. The summed E-state index contributed by atoms with van der Waals surface area (Å²) in [6, 6.07) is 5.64. The Morgan fingerprint density at radius 2 is 2.33 bits per heavy atom. The van der Waals surface area contributed by atoms with Gasteiger partial charge in [-0.3, -0.25) is 0 Å². The first-order valence-corrected chi connectivity index (χ1v) is 6.81. The molecule has 0 spiro atoms. The monoisotopic (exact) mass is 251 g/mol. The number of halogens is 1. The lowest BCUT2D eigenvalue weighted by Gasteiger charge is -2.22. The molecule has 18 heavy (non-hydrogen) atoms. The van der Waals surface area contributed by atoms with Crippen LogP contribution in [0.25, 0.3) is 0 Å². The molecule has 2 atom stereocenters. The predicted octanol–water partition coefficient (Wildman–Crippen LogP) is 3.35. The molecule has 1 N–H and O–H groups in total. The molecule has 3 heteroatoms. The molecule has 2 unspecified atom stereocenters. The Bertz CT molecular complexity index is 388. The van der Waals surface area contributed by atoms with Gasteiger partial charge in [-0.2, -0.15) is 0 Å². The van der Waals surface area contributed by atoms with E-state index in [9.17, 15) is 4.39 Å². The number of hydrogen-bond donors (Lipinski definition) is 1. The van der Waals surface area contributed by atoms with Crippen molar-refractivity contribution in [2.45, 2.75) is 45.3 Å². The molecular formula is C15H22FNO. The van der Waals surface area contributed by atoms with E-state index in [1.807, 2.05) is 19.1 Å². The Morgan fingerprint density at radius 1 is 1.50 bits per heavy atom. The van der Waals surface area contributed by atoms with Gasteiger partial charge in [0.2, 0.25) is 0 Å². The average Bonchev–Trinajstić information content (AvgIpc) is 2.85. The minimum atomic E-state index is -0.133. The molecule has 1 aromatic carbocycles. The van der Waals surface area contributed by atoms with Crippen molar-refractivity contribution in [3.05, 3.63) is 35.1 Å². The first-order chi connectivity index (χ1) is 8.70. The summed E-state index contributed by atoms with van der Waals surface area (Å²) in [7, 11) is 0. The summed E-state index contributed by atoms with van der Waals surface area (Å²) >= 11 is 0. The largest absolute Gasteiger partial charge is 0.378 e. The summed E-state index contributed by atoms with van der Waals surface area (Å²) in [6.45, 7) is 5.70. The summed E-state index contributed by atoms with van der Waals surface area (Å²) in [5.74, 6) is -0.133. The van der Waals surface area contributed by atoms with Crippen LogP contribution in [0, 0.1) is 12.7 Å². The third-order valence-corrected chi connectivity index (χ3v) is 3.56. The highest BCUT2D eigenvalue weighted by molar-refractivity contribution is 5.26. The van der Waals surface area contributed by atoms with Crippen molar-refractivity contribution in [2.75, 3.05) is 13.2 Å². The van der Waals surface area contributed by atoms with E-state index in [4.69, 9.17) is 4.74 Å². The molecule has 0 saturated carbocycles. The Labute approximate surface area is 109 Å². The number of hydrogen-bond acceptors (Lipinski definition) is 2. The van der Waals surface area contributed by atoms with E-state index >= 15 is 0 Å². The van der Waals surface area contributed by atoms with Crippen molar-refractivity contribution in [1.29, 1.82) is 0 Å². The van der Waals surface area contributed by atoms with Crippen LogP contribution >= 0.6 is 0 Å². The summed E-state index contributed by atoms with van der Waals surface area (Å²) in [6.07, 6.45) is 3.62. The first-order valence-electron chi connectivity index (χ1n) is 6.81. The second-order valence-electron chi connectivity index (χ2n) is 4.99. The van der Waals surface area contributed by atoms with E-state index in [1.54, 1.807) is 6.07 Å². The first kappa shape index (κ1) is 13.5. The van der Waals surface area contributed by atoms with Crippen molar-refractivity contribution in [3.8, 4) is 0 Å². The number of benzene rings is 1. The van der Waals surface area contributed by atoms with Gasteiger partial charge in [0.1, 0.15) is 5.82 Å². The standard InChI is InChI=1S/C15H22FNO/c1-3-17-15(10-13-5-4-8-18-13)12-6-7-14(16)11(2)9-12/h6-7,9,13,15,17H,3-5,8,10H2,1-2H3. The molecule has 1 saturated heterocycles. The normalized spacial score (nSPS) is 21.2. The van der Waals surface area contributed by atoms with Gasteiger partial charge in [-0.1, -0.05) is 19.1 Å². The Hall–Kier alpha value is -0.930. The smallest absolute Gasteiger partial charge is 0.126 e. The lowest BCUT2D eigenvalue weighted by Crippen LogP contribution is -2.25. The van der Waals surface area contributed by atoms with E-state index in [-0.39, 0.29) is 11.9 Å². The van der Waals surface area contributed by atoms with Gasteiger partial charge in [-0.15, -0.1) is 0 Å². The maximum absolute atomic E-state index is 13.3. The molecule has 0 bridgehead atoms. The van der Waals surface area contributed by atoms with Crippen LogP contribution in [-0.2, 0) is 4.74 Å². The maximum atomic E-state index is 13.3. The molecule has 1 aliphatic rings. The highest BCUT2D eigenvalue weighted by Gasteiger charge is 2.21. The van der Waals surface area contributed by atoms with Crippen molar-refractivity contribution in [1.82, 2.24) is 5.32 Å². The van der Waals surface area contributed by atoms with Crippen molar-refractivity contribution < 1.29 is 9.13 Å². The maximum Gasteiger partial charge on any atom is 0.126 e. The van der Waals surface area contributed by atoms with Gasteiger partial charge < -0.3 is 10.1 Å². The lowest BCUT2D eigenvalue weighted by molar-refractivity contribution is 0.0947. The molecule has 1 aromatic rings. The van der Waals surface area contributed by atoms with Gasteiger partial charge >= 0.3 is 0 Å². The fourth-order valence-electron chi connectivity index (χ4n) is 2.56. The minimum absolute atomic E-state index is 0.133. The third kappa shape index (κ3) is 3.30. The van der Waals surface area contributed by atoms with Gasteiger partial charge in [0.05, 0.1) is 6.10 Å². The molecule has 1 fully saturated rings. The number of ether oxygens (including phenoxy) is 1. The molecular weight excluding hydrogens is 229 g/mol. The molecule has 0 aromatic heterocycles. The van der Waals surface area contributed by atoms with Crippen LogP contribution in [0.1, 0.15) is 43.4 Å². The van der Waals surface area contributed by atoms with E-state index in [0.717, 1.165) is 38.0 Å². The minimum Gasteiger partial charge on any atom is -0.378 e. The van der Waals surface area contributed by atoms with Crippen LogP contribution in [0.2, 0.25) is 0 Å². The SMILES string of the molecule is CCNC(CC1CCCO1)c1ccc(F)c(C)c1. The fourth-order valence-corrected chi connectivity index (χ4v) is 2.56. The van der Waals surface area contributed by atoms with Gasteiger partial charge in [0.25, 0.3) is 0 Å². The molecule has 100 valence electrons. The third-order valence-electron chi connectivity index (χ3n) is 3.56. The molecule has 0 aliphatic carbocycles. The number of rotatable bonds is 5. The van der Waals surface area contributed by atoms with Gasteiger partial charge in [0, 0.05) is 12.6 Å². The van der Waals surface area contributed by atoms with Crippen LogP contribution < -0.4 is 5.32 Å². The van der Waals surface area contributed by atoms with E-state index in [0.29, 0.717) is 11.7 Å². The van der Waals surface area contributed by atoms with Gasteiger partial charge in [-0.25, -0.2) is 4.39 Å². The summed E-state index contributed by atoms with van der Waals surface area (Å²) in [5.41, 5.74) is 1.87. The zero-order chi connectivity index (χ0) is 13.0. The Balaban J connectivity index is 2.09. The van der Waals surface area contributed by atoms with E-state index in [1.165, 1.54) is 0 Å². The Morgan fingerprint density at radius 3 is 2.94 bits per heavy atom. The molecule has 1 heterocycles. The summed E-state index contributed by atoms with van der Waals surface area (Å²) in [5, 5.41) is 3.47. The number of nitrogens with one attached hydrogen (secondary N) is 1. The van der Waals surface area contributed by atoms with Crippen molar-refractivity contribution in [3.63, 3.8) is 0 Å². The quantitative estimate of drug-likeness (QED) is 0.866.